The first-order chi connectivity index (χ1) is 35.0. The van der Waals surface area contributed by atoms with Crippen molar-refractivity contribution in [3.63, 3.8) is 0 Å². The van der Waals surface area contributed by atoms with Gasteiger partial charge in [-0.1, -0.05) is 163 Å². The second-order valence-corrected chi connectivity index (χ2v) is 17.0. The van der Waals surface area contributed by atoms with Crippen molar-refractivity contribution in [2.24, 2.45) is 0 Å². The molecule has 0 aliphatic carbocycles. The Bertz CT molecular complexity index is 3170. The maximum absolute atomic E-state index is 5.42. The van der Waals surface area contributed by atoms with E-state index in [0.29, 0.717) is 17.5 Å². The average molecular weight is 922 g/mol. The molecule has 0 saturated carbocycles. The van der Waals surface area contributed by atoms with Crippen LogP contribution in [0.25, 0.3) is 58.5 Å². The lowest BCUT2D eigenvalue weighted by molar-refractivity contribution is 0.414. The van der Waals surface area contributed by atoms with Crippen molar-refractivity contribution >= 4 is 58.4 Å². The van der Waals surface area contributed by atoms with Crippen molar-refractivity contribution in [1.82, 2.24) is 15.0 Å². The third-order valence-electron chi connectivity index (χ3n) is 12.2. The molecule has 0 radical (unpaired) electrons. The zero-order chi connectivity index (χ0) is 48.4. The summed E-state index contributed by atoms with van der Waals surface area (Å²) in [5.41, 5.74) is 14.6. The predicted octanol–water partition coefficient (Wildman–Crippen LogP) is 16.5. The minimum Gasteiger partial charge on any atom is -0.497 e. The van der Waals surface area contributed by atoms with Gasteiger partial charge in [-0.2, -0.15) is 0 Å². The molecule has 0 aliphatic rings. The van der Waals surface area contributed by atoms with Crippen molar-refractivity contribution in [1.29, 1.82) is 0 Å². The van der Waals surface area contributed by atoms with Crippen LogP contribution in [0.2, 0.25) is 0 Å². The van der Waals surface area contributed by atoms with Gasteiger partial charge >= 0.3 is 0 Å². The van der Waals surface area contributed by atoms with E-state index in [0.717, 1.165) is 84.6 Å². The molecule has 0 unspecified atom stereocenters. The van der Waals surface area contributed by atoms with Crippen LogP contribution in [0.4, 0.5) is 34.1 Å². The molecular formula is C64H51N5O2. The van der Waals surface area contributed by atoms with Gasteiger partial charge in [-0.05, 0) is 126 Å². The first kappa shape index (κ1) is 45.5. The van der Waals surface area contributed by atoms with E-state index in [-0.39, 0.29) is 0 Å². The molecule has 10 rings (SSSR count). The first-order valence-electron chi connectivity index (χ1n) is 23.6. The van der Waals surface area contributed by atoms with Gasteiger partial charge in [0.1, 0.15) is 11.5 Å². The molecule has 0 N–H and O–H groups in total. The highest BCUT2D eigenvalue weighted by molar-refractivity contribution is 5.81. The van der Waals surface area contributed by atoms with E-state index in [2.05, 4.69) is 235 Å². The fourth-order valence-corrected chi connectivity index (χ4v) is 8.32. The Hall–Kier alpha value is -9.33. The number of aryl methyl sites for hydroxylation is 1. The fraction of sp³-hybridized carbons (Fsp3) is 0.0469. The summed E-state index contributed by atoms with van der Waals surface area (Å²) < 4.78 is 10.8. The van der Waals surface area contributed by atoms with Gasteiger partial charge in [-0.3, -0.25) is 0 Å². The largest absolute Gasteiger partial charge is 0.497 e. The molecule has 1 aromatic heterocycles. The topological polar surface area (TPSA) is 63.6 Å². The van der Waals surface area contributed by atoms with Gasteiger partial charge in [0.05, 0.1) is 14.2 Å². The normalized spacial score (nSPS) is 11.2. The monoisotopic (exact) mass is 921 g/mol. The van der Waals surface area contributed by atoms with Crippen molar-refractivity contribution in [2.45, 2.75) is 6.92 Å². The highest BCUT2D eigenvalue weighted by Gasteiger charge is 2.15. The number of benzene rings is 9. The highest BCUT2D eigenvalue weighted by atomic mass is 16.5. The molecule has 71 heavy (non-hydrogen) atoms. The van der Waals surface area contributed by atoms with Crippen LogP contribution in [0.3, 0.4) is 0 Å². The van der Waals surface area contributed by atoms with Crippen LogP contribution in [0, 0.1) is 6.92 Å². The van der Waals surface area contributed by atoms with E-state index < -0.39 is 0 Å². The maximum Gasteiger partial charge on any atom is 0.164 e. The Labute approximate surface area is 416 Å². The molecule has 10 aromatic rings. The van der Waals surface area contributed by atoms with Crippen molar-refractivity contribution in [3.05, 3.63) is 258 Å². The van der Waals surface area contributed by atoms with E-state index in [4.69, 9.17) is 24.4 Å². The van der Waals surface area contributed by atoms with E-state index in [1.165, 1.54) is 5.56 Å². The second kappa shape index (κ2) is 21.3. The number of nitrogens with zero attached hydrogens (tertiary/aromatic N) is 5. The third kappa shape index (κ3) is 10.9. The van der Waals surface area contributed by atoms with Crippen LogP contribution in [0.15, 0.2) is 231 Å². The van der Waals surface area contributed by atoms with Crippen LogP contribution in [0.5, 0.6) is 11.5 Å². The van der Waals surface area contributed by atoms with Crippen LogP contribution in [-0.2, 0) is 0 Å². The van der Waals surface area contributed by atoms with E-state index >= 15 is 0 Å². The number of hydrogen-bond acceptors (Lipinski definition) is 7. The summed E-state index contributed by atoms with van der Waals surface area (Å²) in [5.74, 6) is 3.50. The molecule has 1 heterocycles. The van der Waals surface area contributed by atoms with E-state index in [1.807, 2.05) is 36.4 Å². The molecule has 0 spiro atoms. The number of para-hydroxylation sites is 2. The SMILES string of the molecule is COc1ccc(N(c2ccccc2)c2ccc(/C=C/c3ccc(-c4nc(-c5ccc(C)cc5)nc(-c5ccc(/C=C/c6ccc(N(c7ccccc7)c7ccc(OC)cc7)cc6)cc5)n4)cc3)cc2)cc1. The molecule has 0 fully saturated rings. The average Bonchev–Trinajstić information content (AvgIpc) is 3.44. The molecule has 0 atom stereocenters. The second-order valence-electron chi connectivity index (χ2n) is 17.0. The minimum atomic E-state index is 0.613. The maximum atomic E-state index is 5.42. The molecule has 344 valence electrons. The van der Waals surface area contributed by atoms with Crippen molar-refractivity contribution in [3.8, 4) is 45.7 Å². The van der Waals surface area contributed by atoms with Gasteiger partial charge in [0.2, 0.25) is 0 Å². The number of methoxy groups -OCH3 is 2. The molecule has 9 aromatic carbocycles. The summed E-state index contributed by atoms with van der Waals surface area (Å²) in [5, 5.41) is 0. The fourth-order valence-electron chi connectivity index (χ4n) is 8.32. The lowest BCUT2D eigenvalue weighted by Gasteiger charge is -2.25. The number of anilines is 6. The molecule has 0 saturated heterocycles. The van der Waals surface area contributed by atoms with Gasteiger partial charge in [-0.25, -0.2) is 15.0 Å². The van der Waals surface area contributed by atoms with Gasteiger partial charge in [0.25, 0.3) is 0 Å². The summed E-state index contributed by atoms with van der Waals surface area (Å²) in [6.07, 6.45) is 8.52. The van der Waals surface area contributed by atoms with Crippen molar-refractivity contribution in [2.75, 3.05) is 24.0 Å². The Morgan fingerprint density at radius 2 is 0.549 bits per heavy atom. The summed E-state index contributed by atoms with van der Waals surface area (Å²) in [6, 6.07) is 79.2. The quantitative estimate of drug-likeness (QED) is 0.0949. The van der Waals surface area contributed by atoms with E-state index in [1.54, 1.807) is 14.2 Å². The highest BCUT2D eigenvalue weighted by Crippen LogP contribution is 2.37. The molecule has 7 heteroatoms. The molecule has 0 bridgehead atoms. The lowest BCUT2D eigenvalue weighted by atomic mass is 10.1. The van der Waals surface area contributed by atoms with Gasteiger partial charge in [-0.15, -0.1) is 0 Å². The lowest BCUT2D eigenvalue weighted by Crippen LogP contribution is -2.09. The minimum absolute atomic E-state index is 0.613. The first-order valence-corrected chi connectivity index (χ1v) is 23.6. The molecular weight excluding hydrogens is 871 g/mol. The predicted molar refractivity (Wildman–Crippen MR) is 294 cm³/mol. The number of hydrogen-bond donors (Lipinski definition) is 0. The molecule has 0 amide bonds. The van der Waals surface area contributed by atoms with Crippen molar-refractivity contribution < 1.29 is 9.47 Å². The summed E-state index contributed by atoms with van der Waals surface area (Å²) in [4.78, 5) is 19.5. The molecule has 7 nitrogen and oxygen atoms in total. The van der Waals surface area contributed by atoms with Crippen LogP contribution >= 0.6 is 0 Å². The number of aromatic nitrogens is 3. The summed E-state index contributed by atoms with van der Waals surface area (Å²) >= 11 is 0. The Morgan fingerprint density at radius 3 is 0.845 bits per heavy atom. The van der Waals surface area contributed by atoms with E-state index in [9.17, 15) is 0 Å². The van der Waals surface area contributed by atoms with Gasteiger partial charge in [0.15, 0.2) is 17.5 Å². The van der Waals surface area contributed by atoms with Crippen LogP contribution in [-0.4, -0.2) is 29.2 Å². The summed E-state index contributed by atoms with van der Waals surface area (Å²) in [7, 11) is 3.37. The Morgan fingerprint density at radius 1 is 0.296 bits per heavy atom. The van der Waals surface area contributed by atoms with Crippen LogP contribution < -0.4 is 19.3 Å². The number of ether oxygens (including phenoxy) is 2. The van der Waals surface area contributed by atoms with Gasteiger partial charge in [0, 0.05) is 50.8 Å². The third-order valence-corrected chi connectivity index (χ3v) is 12.2. The van der Waals surface area contributed by atoms with Gasteiger partial charge < -0.3 is 19.3 Å². The van der Waals surface area contributed by atoms with Crippen LogP contribution in [0.1, 0.15) is 27.8 Å². The Balaban J connectivity index is 0.857. The zero-order valence-electron chi connectivity index (χ0n) is 39.8. The smallest absolute Gasteiger partial charge is 0.164 e. The molecule has 0 aliphatic heterocycles. The Kier molecular flexibility index (Phi) is 13.6. The zero-order valence-corrected chi connectivity index (χ0v) is 39.8. The number of rotatable bonds is 15. The summed E-state index contributed by atoms with van der Waals surface area (Å²) in [6.45, 7) is 2.08. The standard InChI is InChI=1S/C64H51N5O2/c1-46-14-28-51(29-15-46)62-65-63(52-30-20-47(21-31-52)16-18-49-24-34-56(35-25-49)68(54-10-6-4-7-11-54)58-38-42-60(70-2)43-39-58)67-64(66-62)53-32-22-48(23-33-53)17-19-50-26-36-57(37-27-50)69(55-12-8-5-9-13-55)59-40-44-61(71-3)45-41-59/h4-45H,1-3H3/b18-16+,19-17+.